The van der Waals surface area contributed by atoms with Crippen molar-refractivity contribution in [2.75, 3.05) is 39.6 Å². The van der Waals surface area contributed by atoms with Crippen LogP contribution in [0.1, 0.15) is 48.2 Å². The molecule has 2 aliphatic rings. The van der Waals surface area contributed by atoms with E-state index in [0.717, 1.165) is 57.3 Å². The Morgan fingerprint density at radius 3 is 2.74 bits per heavy atom. The number of thiazole rings is 1. The van der Waals surface area contributed by atoms with Crippen molar-refractivity contribution in [1.82, 2.24) is 15.2 Å². The molecule has 1 aliphatic carbocycles. The first-order valence-corrected chi connectivity index (χ1v) is 11.6. The standard InChI is InChI=1S/C19H32N4OS2.HI/c1-4-25-19(9-11-24-12-10-19)14-21-18(20-2)23(3)13-17-22-15-7-5-6-8-16(15)26-17;/h4-14H2,1-3H3,(H,20,21);1H. The van der Waals surface area contributed by atoms with Gasteiger partial charge in [-0.3, -0.25) is 4.99 Å². The molecule has 27 heavy (non-hydrogen) atoms. The summed E-state index contributed by atoms with van der Waals surface area (Å²) >= 11 is 3.95. The fourth-order valence-electron chi connectivity index (χ4n) is 3.80. The van der Waals surface area contributed by atoms with Gasteiger partial charge in [-0.15, -0.1) is 35.3 Å². The fourth-order valence-corrected chi connectivity index (χ4v) is 6.25. The number of guanidine groups is 1. The van der Waals surface area contributed by atoms with Gasteiger partial charge in [-0.2, -0.15) is 11.8 Å². The molecule has 1 aromatic rings. The lowest BCUT2D eigenvalue weighted by Crippen LogP contribution is -2.48. The monoisotopic (exact) mass is 524 g/mol. The molecule has 2 heterocycles. The van der Waals surface area contributed by atoms with Crippen LogP contribution in [0.3, 0.4) is 0 Å². The summed E-state index contributed by atoms with van der Waals surface area (Å²) in [6.07, 6.45) is 7.19. The number of aromatic nitrogens is 1. The molecule has 0 bridgehead atoms. The van der Waals surface area contributed by atoms with Gasteiger partial charge in [0.25, 0.3) is 0 Å². The largest absolute Gasteiger partial charge is 0.381 e. The fraction of sp³-hybridized carbons (Fsp3) is 0.789. The van der Waals surface area contributed by atoms with E-state index < -0.39 is 0 Å². The first-order valence-electron chi connectivity index (χ1n) is 9.77. The zero-order valence-corrected chi connectivity index (χ0v) is 20.7. The third-order valence-corrected chi connectivity index (χ3v) is 7.85. The Morgan fingerprint density at radius 1 is 1.33 bits per heavy atom. The molecular formula is C19H33IN4OS2. The molecule has 0 unspecified atom stereocenters. The van der Waals surface area contributed by atoms with Crippen molar-refractivity contribution in [3.8, 4) is 0 Å². The van der Waals surface area contributed by atoms with Crippen molar-refractivity contribution >= 4 is 53.0 Å². The maximum absolute atomic E-state index is 5.58. The number of aliphatic imine (C=N–C) groups is 1. The second kappa shape index (κ2) is 11.2. The van der Waals surface area contributed by atoms with Crippen molar-refractivity contribution in [1.29, 1.82) is 0 Å². The molecule has 1 N–H and O–H groups in total. The van der Waals surface area contributed by atoms with Crippen molar-refractivity contribution < 1.29 is 4.74 Å². The van der Waals surface area contributed by atoms with Crippen LogP contribution in [0.15, 0.2) is 4.99 Å². The first-order chi connectivity index (χ1) is 12.7. The normalized spacial score (nSPS) is 19.1. The van der Waals surface area contributed by atoms with Crippen LogP contribution < -0.4 is 5.32 Å². The van der Waals surface area contributed by atoms with Crippen LogP contribution in [0.25, 0.3) is 0 Å². The van der Waals surface area contributed by atoms with E-state index in [-0.39, 0.29) is 28.7 Å². The summed E-state index contributed by atoms with van der Waals surface area (Å²) in [6.45, 7) is 5.75. The van der Waals surface area contributed by atoms with Crippen LogP contribution in [0.5, 0.6) is 0 Å². The van der Waals surface area contributed by atoms with E-state index in [1.54, 1.807) is 0 Å². The molecule has 8 heteroatoms. The molecule has 0 radical (unpaired) electrons. The van der Waals surface area contributed by atoms with Crippen LogP contribution in [-0.2, 0) is 24.1 Å². The van der Waals surface area contributed by atoms with E-state index in [2.05, 4.69) is 40.9 Å². The summed E-state index contributed by atoms with van der Waals surface area (Å²) in [5.41, 5.74) is 1.34. The van der Waals surface area contributed by atoms with Gasteiger partial charge >= 0.3 is 0 Å². The van der Waals surface area contributed by atoms with Crippen molar-refractivity contribution in [2.45, 2.75) is 56.7 Å². The summed E-state index contributed by atoms with van der Waals surface area (Å²) in [4.78, 5) is 13.1. The van der Waals surface area contributed by atoms with E-state index >= 15 is 0 Å². The van der Waals surface area contributed by atoms with Gasteiger partial charge < -0.3 is 15.0 Å². The average Bonchev–Trinajstić information content (AvgIpc) is 3.05. The maximum atomic E-state index is 5.58. The lowest BCUT2D eigenvalue weighted by atomic mass is 9.99. The van der Waals surface area contributed by atoms with Crippen LogP contribution in [0, 0.1) is 0 Å². The number of halogens is 1. The minimum Gasteiger partial charge on any atom is -0.381 e. The summed E-state index contributed by atoms with van der Waals surface area (Å²) in [5.74, 6) is 2.10. The first kappa shape index (κ1) is 23.2. The van der Waals surface area contributed by atoms with Gasteiger partial charge in [-0.25, -0.2) is 4.98 Å². The predicted octanol–water partition coefficient (Wildman–Crippen LogP) is 3.95. The lowest BCUT2D eigenvalue weighted by Gasteiger charge is -2.37. The molecular weight excluding hydrogens is 491 g/mol. The quantitative estimate of drug-likeness (QED) is 0.347. The van der Waals surface area contributed by atoms with E-state index in [1.165, 1.54) is 34.8 Å². The number of rotatable bonds is 6. The highest BCUT2D eigenvalue weighted by molar-refractivity contribution is 14.0. The van der Waals surface area contributed by atoms with E-state index in [0.29, 0.717) is 0 Å². The molecule has 1 saturated heterocycles. The van der Waals surface area contributed by atoms with Gasteiger partial charge in [0.2, 0.25) is 0 Å². The van der Waals surface area contributed by atoms with Crippen LogP contribution in [-0.4, -0.2) is 60.2 Å². The van der Waals surface area contributed by atoms with Crippen LogP contribution in [0.2, 0.25) is 0 Å². The lowest BCUT2D eigenvalue weighted by molar-refractivity contribution is 0.0780. The molecule has 0 amide bonds. The van der Waals surface area contributed by atoms with E-state index in [1.807, 2.05) is 18.4 Å². The third kappa shape index (κ3) is 6.21. The van der Waals surface area contributed by atoms with Gasteiger partial charge in [0.05, 0.1) is 12.2 Å². The summed E-state index contributed by atoms with van der Waals surface area (Å²) in [5, 5.41) is 4.84. The Hall–Kier alpha value is -0.0600. The minimum absolute atomic E-state index is 0. The summed E-state index contributed by atoms with van der Waals surface area (Å²) in [6, 6.07) is 0. The van der Waals surface area contributed by atoms with Gasteiger partial charge in [0.15, 0.2) is 5.96 Å². The summed E-state index contributed by atoms with van der Waals surface area (Å²) in [7, 11) is 3.98. The highest BCUT2D eigenvalue weighted by Gasteiger charge is 2.33. The molecule has 154 valence electrons. The third-order valence-electron chi connectivity index (χ3n) is 5.26. The van der Waals surface area contributed by atoms with Crippen molar-refractivity contribution in [2.24, 2.45) is 4.99 Å². The Labute approximate surface area is 189 Å². The topological polar surface area (TPSA) is 49.8 Å². The van der Waals surface area contributed by atoms with E-state index in [9.17, 15) is 0 Å². The predicted molar refractivity (Wildman–Crippen MR) is 128 cm³/mol. The average molecular weight is 525 g/mol. The highest BCUT2D eigenvalue weighted by atomic mass is 127. The van der Waals surface area contributed by atoms with Gasteiger partial charge in [-0.1, -0.05) is 6.92 Å². The second-order valence-electron chi connectivity index (χ2n) is 7.17. The molecule has 3 rings (SSSR count). The molecule has 1 aliphatic heterocycles. The number of nitrogens with one attached hydrogen (secondary N) is 1. The SMILES string of the molecule is CCSC1(CNC(=NC)N(C)Cc2nc3c(s2)CCCC3)CCOCC1.I. The molecule has 0 aromatic carbocycles. The number of nitrogens with zero attached hydrogens (tertiary/aromatic N) is 3. The van der Waals surface area contributed by atoms with Crippen molar-refractivity contribution in [3.63, 3.8) is 0 Å². The molecule has 5 nitrogen and oxygen atoms in total. The molecule has 0 saturated carbocycles. The number of hydrogen-bond acceptors (Lipinski definition) is 5. The number of ether oxygens (including phenoxy) is 1. The Balaban J connectivity index is 0.00000261. The molecule has 1 fully saturated rings. The Morgan fingerprint density at radius 2 is 2.07 bits per heavy atom. The Bertz CT molecular complexity index is 588. The molecule has 0 spiro atoms. The smallest absolute Gasteiger partial charge is 0.193 e. The summed E-state index contributed by atoms with van der Waals surface area (Å²) < 4.78 is 5.85. The number of aryl methyl sites for hydroxylation is 2. The van der Waals surface area contributed by atoms with Crippen LogP contribution >= 0.6 is 47.1 Å². The number of fused-ring (bicyclic) bond motifs is 1. The maximum Gasteiger partial charge on any atom is 0.193 e. The zero-order valence-electron chi connectivity index (χ0n) is 16.8. The molecule has 0 atom stereocenters. The van der Waals surface area contributed by atoms with Crippen molar-refractivity contribution in [3.05, 3.63) is 15.6 Å². The van der Waals surface area contributed by atoms with Crippen LogP contribution in [0.4, 0.5) is 0 Å². The second-order valence-corrected chi connectivity index (χ2v) is 10.1. The van der Waals surface area contributed by atoms with E-state index in [4.69, 9.17) is 9.72 Å². The number of hydrogen-bond donors (Lipinski definition) is 1. The molecule has 1 aromatic heterocycles. The highest BCUT2D eigenvalue weighted by Crippen LogP contribution is 2.35. The Kier molecular flexibility index (Phi) is 9.64. The number of thioether (sulfide) groups is 1. The van der Waals surface area contributed by atoms with Gasteiger partial charge in [-0.05, 0) is 44.3 Å². The zero-order chi connectivity index (χ0) is 18.4. The van der Waals surface area contributed by atoms with Gasteiger partial charge in [0, 0.05) is 43.5 Å². The van der Waals surface area contributed by atoms with Gasteiger partial charge in [0.1, 0.15) is 5.01 Å². The minimum atomic E-state index is 0.